The molecule has 2 atom stereocenters. The summed E-state index contributed by atoms with van der Waals surface area (Å²) in [7, 11) is -3.85. The van der Waals surface area contributed by atoms with Crippen LogP contribution in [0.2, 0.25) is 5.02 Å². The molecule has 0 radical (unpaired) electrons. The molecule has 0 bridgehead atoms. The fraction of sp³-hybridized carbons (Fsp3) is 0.350. The lowest BCUT2D eigenvalue weighted by Crippen LogP contribution is -2.51. The van der Waals surface area contributed by atoms with Crippen LogP contribution in [0, 0.1) is 5.82 Å². The van der Waals surface area contributed by atoms with Crippen LogP contribution in [-0.4, -0.2) is 45.9 Å². The molecule has 0 aromatic heterocycles. The van der Waals surface area contributed by atoms with Gasteiger partial charge in [-0.2, -0.15) is 0 Å². The highest BCUT2D eigenvalue weighted by atomic mass is 35.5. The van der Waals surface area contributed by atoms with Crippen molar-refractivity contribution in [2.45, 2.75) is 25.5 Å². The van der Waals surface area contributed by atoms with E-state index in [2.05, 4.69) is 5.32 Å². The zero-order valence-corrected chi connectivity index (χ0v) is 18.0. The van der Waals surface area contributed by atoms with Gasteiger partial charge in [0.25, 0.3) is 0 Å². The van der Waals surface area contributed by atoms with E-state index in [1.807, 2.05) is 12.1 Å². The number of para-hydroxylation sites is 2. The largest absolute Gasteiger partial charge is 0.486 e. The summed E-state index contributed by atoms with van der Waals surface area (Å²) in [5.41, 5.74) is 0.108. The number of benzene rings is 2. The van der Waals surface area contributed by atoms with Crippen LogP contribution in [0.4, 0.5) is 10.1 Å². The van der Waals surface area contributed by atoms with Crippen LogP contribution < -0.4 is 19.1 Å². The van der Waals surface area contributed by atoms with Crippen LogP contribution in [0.25, 0.3) is 0 Å². The Morgan fingerprint density at radius 1 is 1.30 bits per heavy atom. The van der Waals surface area contributed by atoms with Crippen LogP contribution >= 0.6 is 11.6 Å². The average molecular weight is 457 g/mol. The van der Waals surface area contributed by atoms with E-state index in [-0.39, 0.29) is 30.3 Å². The lowest BCUT2D eigenvalue weighted by molar-refractivity contribution is -0.122. The smallest absolute Gasteiger partial charge is 0.244 e. The number of carbonyl (C=O) groups excluding carboxylic acids is 1. The van der Waals surface area contributed by atoms with E-state index in [0.29, 0.717) is 11.5 Å². The number of hydrogen-bond acceptors (Lipinski definition) is 5. The van der Waals surface area contributed by atoms with E-state index >= 15 is 0 Å². The maximum absolute atomic E-state index is 13.5. The van der Waals surface area contributed by atoms with E-state index in [9.17, 15) is 17.6 Å². The van der Waals surface area contributed by atoms with Gasteiger partial charge in [0.1, 0.15) is 24.6 Å². The van der Waals surface area contributed by atoms with E-state index in [0.717, 1.165) is 16.6 Å². The Kier molecular flexibility index (Phi) is 6.72. The predicted octanol–water partition coefficient (Wildman–Crippen LogP) is 2.98. The molecule has 0 saturated heterocycles. The first-order valence-electron chi connectivity index (χ1n) is 9.31. The lowest BCUT2D eigenvalue weighted by Gasteiger charge is -2.31. The molecule has 7 nitrogen and oxygen atoms in total. The van der Waals surface area contributed by atoms with Crippen molar-refractivity contribution in [1.82, 2.24) is 5.32 Å². The summed E-state index contributed by atoms with van der Waals surface area (Å²) in [6, 6.07) is 9.67. The van der Waals surface area contributed by atoms with Crippen molar-refractivity contribution in [3.8, 4) is 11.5 Å². The van der Waals surface area contributed by atoms with Gasteiger partial charge in [0.2, 0.25) is 15.9 Å². The maximum Gasteiger partial charge on any atom is 0.244 e. The highest BCUT2D eigenvalue weighted by Gasteiger charge is 2.32. The predicted molar refractivity (Wildman–Crippen MR) is 112 cm³/mol. The number of nitrogens with one attached hydrogen (secondary N) is 1. The third-order valence-electron chi connectivity index (χ3n) is 4.56. The number of nitrogens with zero attached hydrogens (tertiary/aromatic N) is 1. The second-order valence-electron chi connectivity index (χ2n) is 6.82. The molecule has 1 aliphatic heterocycles. The van der Waals surface area contributed by atoms with Gasteiger partial charge >= 0.3 is 0 Å². The summed E-state index contributed by atoms with van der Waals surface area (Å²) in [5.74, 6) is 0.0173. The van der Waals surface area contributed by atoms with Crippen LogP contribution in [0.1, 0.15) is 13.3 Å². The fourth-order valence-corrected chi connectivity index (χ4v) is 4.56. The molecule has 0 unspecified atom stereocenters. The highest BCUT2D eigenvalue weighted by Crippen LogP contribution is 2.31. The number of halogens is 2. The van der Waals surface area contributed by atoms with Crippen molar-refractivity contribution in [2.24, 2.45) is 0 Å². The third kappa shape index (κ3) is 4.96. The molecule has 0 fully saturated rings. The number of anilines is 1. The summed E-state index contributed by atoms with van der Waals surface area (Å²) in [5, 5.41) is 2.49. The first-order valence-corrected chi connectivity index (χ1v) is 11.5. The van der Waals surface area contributed by atoms with Crippen molar-refractivity contribution in [2.75, 3.05) is 23.7 Å². The summed E-state index contributed by atoms with van der Waals surface area (Å²) >= 11 is 5.81. The SMILES string of the molecule is CC[C@@H](C(=O)NC[C@@H]1COc2ccccc2O1)N(c1ccc(F)c(Cl)c1)S(C)(=O)=O. The first kappa shape index (κ1) is 22.2. The van der Waals surface area contributed by atoms with Crippen molar-refractivity contribution >= 4 is 33.2 Å². The summed E-state index contributed by atoms with van der Waals surface area (Å²) in [6.45, 7) is 2.06. The van der Waals surface area contributed by atoms with Crippen LogP contribution in [-0.2, 0) is 14.8 Å². The molecule has 1 heterocycles. The van der Waals surface area contributed by atoms with Gasteiger partial charge < -0.3 is 14.8 Å². The Labute approximate surface area is 179 Å². The van der Waals surface area contributed by atoms with Gasteiger partial charge in [0.05, 0.1) is 23.5 Å². The Hall–Kier alpha value is -2.52. The molecule has 0 aliphatic carbocycles. The van der Waals surface area contributed by atoms with Gasteiger partial charge in [-0.15, -0.1) is 0 Å². The van der Waals surface area contributed by atoms with Gasteiger partial charge in [0, 0.05) is 0 Å². The Bertz CT molecular complexity index is 1030. The number of carbonyl (C=O) groups is 1. The summed E-state index contributed by atoms with van der Waals surface area (Å²) in [6.07, 6.45) is 0.752. The molecule has 2 aromatic carbocycles. The van der Waals surface area contributed by atoms with Crippen molar-refractivity contribution in [1.29, 1.82) is 0 Å². The van der Waals surface area contributed by atoms with Gasteiger partial charge in [-0.05, 0) is 36.8 Å². The van der Waals surface area contributed by atoms with E-state index in [4.69, 9.17) is 21.1 Å². The molecule has 1 aliphatic rings. The van der Waals surface area contributed by atoms with Crippen molar-refractivity contribution in [3.05, 3.63) is 53.3 Å². The molecule has 1 N–H and O–H groups in total. The van der Waals surface area contributed by atoms with E-state index in [1.165, 1.54) is 12.1 Å². The number of hydrogen-bond donors (Lipinski definition) is 1. The lowest BCUT2D eigenvalue weighted by atomic mass is 10.2. The summed E-state index contributed by atoms with van der Waals surface area (Å²) < 4.78 is 50.8. The third-order valence-corrected chi connectivity index (χ3v) is 6.03. The normalized spacial score (nSPS) is 16.6. The number of rotatable bonds is 7. The molecule has 162 valence electrons. The van der Waals surface area contributed by atoms with Gasteiger partial charge in [-0.25, -0.2) is 12.8 Å². The minimum Gasteiger partial charge on any atom is -0.486 e. The Morgan fingerprint density at radius 2 is 2.00 bits per heavy atom. The first-order chi connectivity index (χ1) is 14.2. The fourth-order valence-electron chi connectivity index (χ4n) is 3.18. The zero-order valence-electron chi connectivity index (χ0n) is 16.5. The quantitative estimate of drug-likeness (QED) is 0.692. The second-order valence-corrected chi connectivity index (χ2v) is 9.09. The van der Waals surface area contributed by atoms with Crippen LogP contribution in [0.3, 0.4) is 0 Å². The molecule has 2 aromatic rings. The number of ether oxygens (including phenoxy) is 2. The second kappa shape index (κ2) is 9.09. The molecule has 10 heteroatoms. The number of fused-ring (bicyclic) bond motifs is 1. The van der Waals surface area contributed by atoms with Crippen molar-refractivity contribution in [3.63, 3.8) is 0 Å². The average Bonchev–Trinajstić information content (AvgIpc) is 2.71. The highest BCUT2D eigenvalue weighted by molar-refractivity contribution is 7.92. The molecule has 3 rings (SSSR count). The molecular formula is C20H22ClFN2O5S. The zero-order chi connectivity index (χ0) is 21.9. The summed E-state index contributed by atoms with van der Waals surface area (Å²) in [4.78, 5) is 12.9. The maximum atomic E-state index is 13.5. The monoisotopic (exact) mass is 456 g/mol. The van der Waals surface area contributed by atoms with Crippen LogP contribution in [0.5, 0.6) is 11.5 Å². The molecule has 1 amide bonds. The van der Waals surface area contributed by atoms with Crippen molar-refractivity contribution < 1.29 is 27.1 Å². The standard InChI is InChI=1S/C20H22ClFN2O5S/c1-3-17(24(30(2,26)27)13-8-9-16(22)15(21)10-13)20(25)23-11-14-12-28-18-6-4-5-7-19(18)29-14/h4-10,14,17H,3,11-12H2,1-2H3,(H,23,25)/t14-,17+/m1/s1. The van der Waals surface area contributed by atoms with Gasteiger partial charge in [-0.1, -0.05) is 30.7 Å². The molecular weight excluding hydrogens is 435 g/mol. The topological polar surface area (TPSA) is 84.9 Å². The molecule has 0 spiro atoms. The number of sulfonamides is 1. The van der Waals surface area contributed by atoms with Crippen LogP contribution in [0.15, 0.2) is 42.5 Å². The number of amides is 1. The van der Waals surface area contributed by atoms with Gasteiger partial charge in [0.15, 0.2) is 11.5 Å². The van der Waals surface area contributed by atoms with E-state index in [1.54, 1.807) is 19.1 Å². The minimum atomic E-state index is -3.85. The molecule has 0 saturated carbocycles. The minimum absolute atomic E-state index is 0.108. The molecule has 30 heavy (non-hydrogen) atoms. The Balaban J connectivity index is 1.74. The van der Waals surface area contributed by atoms with E-state index < -0.39 is 33.9 Å². The van der Waals surface area contributed by atoms with Gasteiger partial charge in [-0.3, -0.25) is 9.10 Å². The Morgan fingerprint density at radius 3 is 2.63 bits per heavy atom.